The average Bonchev–Trinajstić information content (AvgIpc) is 2.50. The summed E-state index contributed by atoms with van der Waals surface area (Å²) in [6, 6.07) is 13.6. The van der Waals surface area contributed by atoms with Crippen LogP contribution in [0, 0.1) is 0 Å². The van der Waals surface area contributed by atoms with Crippen molar-refractivity contribution >= 4 is 38.5 Å². The lowest BCUT2D eigenvalue weighted by Gasteiger charge is -2.10. The monoisotopic (exact) mass is 344 g/mol. The van der Waals surface area contributed by atoms with Gasteiger partial charge >= 0.3 is 0 Å². The van der Waals surface area contributed by atoms with Gasteiger partial charge in [0, 0.05) is 13.1 Å². The van der Waals surface area contributed by atoms with Gasteiger partial charge in [-0.15, -0.1) is 0 Å². The highest BCUT2D eigenvalue weighted by molar-refractivity contribution is 9.10. The molecule has 0 atom stereocenters. The van der Waals surface area contributed by atoms with Gasteiger partial charge in [0.1, 0.15) is 11.6 Å². The Kier molecular flexibility index (Phi) is 3.62. The molecule has 106 valence electrons. The quantitative estimate of drug-likeness (QED) is 0.755. The highest BCUT2D eigenvalue weighted by atomic mass is 79.9. The second-order valence-electron chi connectivity index (χ2n) is 4.40. The maximum Gasteiger partial charge on any atom is 0.226 e. The lowest BCUT2D eigenvalue weighted by Crippen LogP contribution is -2.01. The summed E-state index contributed by atoms with van der Waals surface area (Å²) in [6.07, 6.45) is 0. The molecule has 6 heteroatoms. The third-order valence-corrected chi connectivity index (χ3v) is 3.84. The van der Waals surface area contributed by atoms with Gasteiger partial charge in [-0.25, -0.2) is 0 Å². The molecule has 0 saturated carbocycles. The maximum absolute atomic E-state index is 5.82. The van der Waals surface area contributed by atoms with Crippen molar-refractivity contribution in [3.63, 3.8) is 0 Å². The van der Waals surface area contributed by atoms with Crippen LogP contribution in [0.25, 0.3) is 10.8 Å². The van der Waals surface area contributed by atoms with E-state index >= 15 is 0 Å². The molecule has 2 aromatic carbocycles. The number of rotatable bonds is 3. The summed E-state index contributed by atoms with van der Waals surface area (Å²) in [5.41, 5.74) is 5.66. The summed E-state index contributed by atoms with van der Waals surface area (Å²) in [5.74, 6) is 1.83. The molecular weight excluding hydrogens is 332 g/mol. The smallest absolute Gasteiger partial charge is 0.226 e. The number of nitrogens with two attached hydrogens (primary N) is 1. The van der Waals surface area contributed by atoms with Gasteiger partial charge < -0.3 is 15.8 Å². The summed E-state index contributed by atoms with van der Waals surface area (Å²) in [5, 5.41) is 5.12. The van der Waals surface area contributed by atoms with Crippen LogP contribution in [0.4, 0.5) is 11.8 Å². The van der Waals surface area contributed by atoms with E-state index in [0.717, 1.165) is 15.2 Å². The first-order valence-electron chi connectivity index (χ1n) is 6.35. The molecular formula is C15H13BrN4O. The first-order valence-corrected chi connectivity index (χ1v) is 7.14. The molecule has 3 N–H and O–H groups in total. The Morgan fingerprint density at radius 3 is 2.76 bits per heavy atom. The van der Waals surface area contributed by atoms with E-state index in [2.05, 4.69) is 31.2 Å². The molecule has 21 heavy (non-hydrogen) atoms. The van der Waals surface area contributed by atoms with Crippen LogP contribution < -0.4 is 15.8 Å². The highest BCUT2D eigenvalue weighted by Crippen LogP contribution is 2.35. The molecule has 5 nitrogen and oxygen atoms in total. The predicted octanol–water partition coefficient (Wildman–Crippen LogP) is 3.81. The molecule has 1 aromatic heterocycles. The van der Waals surface area contributed by atoms with Crippen LogP contribution in [0.2, 0.25) is 0 Å². The number of fused-ring (bicyclic) bond motifs is 1. The van der Waals surface area contributed by atoms with Crippen LogP contribution in [0.1, 0.15) is 0 Å². The molecule has 0 saturated heterocycles. The molecule has 0 bridgehead atoms. The molecule has 0 aliphatic rings. The van der Waals surface area contributed by atoms with E-state index in [1.165, 1.54) is 0 Å². The predicted molar refractivity (Wildman–Crippen MR) is 87.7 cm³/mol. The van der Waals surface area contributed by atoms with E-state index in [1.54, 1.807) is 13.1 Å². The minimum Gasteiger partial charge on any atom is -0.438 e. The number of aromatic nitrogens is 2. The Hall–Kier alpha value is -2.34. The summed E-state index contributed by atoms with van der Waals surface area (Å²) in [6.45, 7) is 0. The molecule has 0 aliphatic carbocycles. The molecule has 0 amide bonds. The largest absolute Gasteiger partial charge is 0.438 e. The lowest BCUT2D eigenvalue weighted by atomic mass is 10.1. The first-order chi connectivity index (χ1) is 10.2. The Labute approximate surface area is 130 Å². The lowest BCUT2D eigenvalue weighted by molar-refractivity contribution is 0.461. The highest BCUT2D eigenvalue weighted by Gasteiger charge is 2.09. The minimum absolute atomic E-state index is 0.161. The van der Waals surface area contributed by atoms with Crippen molar-refractivity contribution in [3.8, 4) is 11.6 Å². The third-order valence-electron chi connectivity index (χ3n) is 3.02. The zero-order chi connectivity index (χ0) is 14.8. The second kappa shape index (κ2) is 5.57. The number of ether oxygens (including phenoxy) is 1. The molecule has 0 fully saturated rings. The zero-order valence-corrected chi connectivity index (χ0v) is 12.9. The molecule has 0 radical (unpaired) electrons. The number of hydrogen-bond acceptors (Lipinski definition) is 5. The van der Waals surface area contributed by atoms with E-state index < -0.39 is 0 Å². The SMILES string of the molecule is CNc1cc(Oc2ccc3ccccc3c2Br)nc(N)n1. The number of hydrogen-bond donors (Lipinski definition) is 2. The second-order valence-corrected chi connectivity index (χ2v) is 5.19. The molecule has 3 rings (SSSR count). The van der Waals surface area contributed by atoms with Crippen LogP contribution >= 0.6 is 15.9 Å². The standard InChI is InChI=1S/C15H13BrN4O/c1-18-12-8-13(20-15(17)19-12)21-11-7-6-9-4-2-3-5-10(9)14(11)16/h2-8H,1H3,(H3,17,18,19,20). The molecule has 0 spiro atoms. The summed E-state index contributed by atoms with van der Waals surface area (Å²) in [4.78, 5) is 8.11. The van der Waals surface area contributed by atoms with Crippen LogP contribution in [0.3, 0.4) is 0 Å². The van der Waals surface area contributed by atoms with Gasteiger partial charge in [0.25, 0.3) is 0 Å². The van der Waals surface area contributed by atoms with E-state index in [4.69, 9.17) is 10.5 Å². The van der Waals surface area contributed by atoms with Crippen LogP contribution in [-0.2, 0) is 0 Å². The fraction of sp³-hybridized carbons (Fsp3) is 0.0667. The topological polar surface area (TPSA) is 73.1 Å². The Morgan fingerprint density at radius 2 is 1.95 bits per heavy atom. The number of benzene rings is 2. The van der Waals surface area contributed by atoms with Crippen molar-refractivity contribution < 1.29 is 4.74 Å². The fourth-order valence-electron chi connectivity index (χ4n) is 2.03. The third kappa shape index (κ3) is 2.75. The number of nitrogen functional groups attached to an aromatic ring is 1. The van der Waals surface area contributed by atoms with Gasteiger partial charge in [-0.05, 0) is 32.8 Å². The van der Waals surface area contributed by atoms with Crippen molar-refractivity contribution in [2.75, 3.05) is 18.1 Å². The number of nitrogens with zero attached hydrogens (tertiary/aromatic N) is 2. The van der Waals surface area contributed by atoms with Crippen molar-refractivity contribution in [1.29, 1.82) is 0 Å². The van der Waals surface area contributed by atoms with Crippen molar-refractivity contribution in [1.82, 2.24) is 9.97 Å². The Morgan fingerprint density at radius 1 is 1.14 bits per heavy atom. The normalized spacial score (nSPS) is 10.6. The van der Waals surface area contributed by atoms with Gasteiger partial charge in [-0.1, -0.05) is 30.3 Å². The van der Waals surface area contributed by atoms with E-state index in [1.807, 2.05) is 36.4 Å². The summed E-state index contributed by atoms with van der Waals surface area (Å²) < 4.78 is 6.70. The van der Waals surface area contributed by atoms with Crippen LogP contribution in [0.5, 0.6) is 11.6 Å². The minimum atomic E-state index is 0.161. The summed E-state index contributed by atoms with van der Waals surface area (Å²) >= 11 is 3.58. The van der Waals surface area contributed by atoms with Gasteiger partial charge in [-0.3, -0.25) is 0 Å². The van der Waals surface area contributed by atoms with E-state index in [0.29, 0.717) is 17.4 Å². The molecule has 3 aromatic rings. The average molecular weight is 345 g/mol. The van der Waals surface area contributed by atoms with Gasteiger partial charge in [0.2, 0.25) is 11.8 Å². The van der Waals surface area contributed by atoms with Crippen LogP contribution in [-0.4, -0.2) is 17.0 Å². The number of nitrogens with one attached hydrogen (secondary N) is 1. The molecule has 0 aliphatic heterocycles. The van der Waals surface area contributed by atoms with Gasteiger partial charge in [0.15, 0.2) is 0 Å². The van der Waals surface area contributed by atoms with Gasteiger partial charge in [0.05, 0.1) is 4.47 Å². The van der Waals surface area contributed by atoms with Gasteiger partial charge in [-0.2, -0.15) is 9.97 Å². The van der Waals surface area contributed by atoms with Crippen molar-refractivity contribution in [2.24, 2.45) is 0 Å². The van der Waals surface area contributed by atoms with E-state index in [-0.39, 0.29) is 5.95 Å². The van der Waals surface area contributed by atoms with Crippen molar-refractivity contribution in [3.05, 3.63) is 46.9 Å². The number of halogens is 1. The number of anilines is 2. The van der Waals surface area contributed by atoms with Crippen LogP contribution in [0.15, 0.2) is 46.9 Å². The first kappa shape index (κ1) is 13.6. The molecule has 1 heterocycles. The summed E-state index contributed by atoms with van der Waals surface area (Å²) in [7, 11) is 1.76. The fourth-order valence-corrected chi connectivity index (χ4v) is 2.60. The zero-order valence-electron chi connectivity index (χ0n) is 11.3. The Balaban J connectivity index is 2.02. The maximum atomic E-state index is 5.82. The Bertz CT molecular complexity index is 807. The van der Waals surface area contributed by atoms with E-state index in [9.17, 15) is 0 Å². The van der Waals surface area contributed by atoms with Crippen molar-refractivity contribution in [2.45, 2.75) is 0 Å². The molecule has 0 unspecified atom stereocenters.